The largest absolute Gasteiger partial charge is 0.464 e. The molecule has 2 aromatic carbocycles. The fourth-order valence-electron chi connectivity index (χ4n) is 2.76. The summed E-state index contributed by atoms with van der Waals surface area (Å²) in [4.78, 5) is 27.7. The molecule has 1 amide bonds. The molecule has 1 unspecified atom stereocenters. The molecule has 0 aliphatic carbocycles. The van der Waals surface area contributed by atoms with Crippen molar-refractivity contribution in [3.63, 3.8) is 0 Å². The van der Waals surface area contributed by atoms with Crippen LogP contribution in [0.4, 0.5) is 0 Å². The number of amides is 1. The Hall–Kier alpha value is -1.86. The van der Waals surface area contributed by atoms with Gasteiger partial charge in [-0.15, -0.1) is 0 Å². The monoisotopic (exact) mass is 465 g/mol. The summed E-state index contributed by atoms with van der Waals surface area (Å²) < 4.78 is 5.64. The maximum absolute atomic E-state index is 13.1. The molecule has 29 heavy (non-hydrogen) atoms. The first-order valence-corrected chi connectivity index (χ1v) is 10.8. The van der Waals surface area contributed by atoms with Crippen molar-refractivity contribution in [2.45, 2.75) is 19.4 Å². The quantitative estimate of drug-likeness (QED) is 0.302. The molecule has 0 N–H and O–H groups in total. The second kappa shape index (κ2) is 9.76. The lowest BCUT2D eigenvalue weighted by molar-refractivity contribution is -0.151. The highest BCUT2D eigenvalue weighted by atomic mass is 35.5. The number of hydrogen-bond acceptors (Lipinski definition) is 5. The molecule has 4 nitrogen and oxygen atoms in total. The Balaban J connectivity index is 1.95. The van der Waals surface area contributed by atoms with Crippen molar-refractivity contribution in [1.82, 2.24) is 4.90 Å². The van der Waals surface area contributed by atoms with Crippen molar-refractivity contribution in [2.24, 2.45) is 0 Å². The van der Waals surface area contributed by atoms with Crippen molar-refractivity contribution in [1.29, 1.82) is 0 Å². The first kappa shape index (κ1) is 21.8. The Morgan fingerprint density at radius 1 is 1.21 bits per heavy atom. The third-order valence-corrected chi connectivity index (χ3v) is 6.18. The zero-order valence-electron chi connectivity index (χ0n) is 15.4. The number of benzene rings is 2. The van der Waals surface area contributed by atoms with E-state index in [1.807, 2.05) is 13.0 Å². The van der Waals surface area contributed by atoms with Crippen LogP contribution in [0.2, 0.25) is 10.0 Å². The number of nitrogens with zero attached hydrogens (tertiary/aromatic N) is 1. The predicted molar refractivity (Wildman–Crippen MR) is 122 cm³/mol. The number of ether oxygens (including phenoxy) is 1. The lowest BCUT2D eigenvalue weighted by Crippen LogP contribution is -2.38. The van der Waals surface area contributed by atoms with Crippen LogP contribution in [-0.4, -0.2) is 27.7 Å². The zero-order valence-corrected chi connectivity index (χ0v) is 18.6. The van der Waals surface area contributed by atoms with Crippen LogP contribution in [0.5, 0.6) is 0 Å². The Kier molecular flexibility index (Phi) is 7.35. The van der Waals surface area contributed by atoms with Crippen molar-refractivity contribution < 1.29 is 14.3 Å². The van der Waals surface area contributed by atoms with E-state index in [-0.39, 0.29) is 12.5 Å². The van der Waals surface area contributed by atoms with Crippen LogP contribution in [0.15, 0.2) is 53.4 Å². The number of carbonyl (C=O) groups excluding carboxylic acids is 2. The average Bonchev–Trinajstić information content (AvgIpc) is 2.98. The molecule has 0 saturated carbocycles. The first-order valence-electron chi connectivity index (χ1n) is 8.86. The molecule has 1 aliphatic heterocycles. The van der Waals surface area contributed by atoms with Gasteiger partial charge in [-0.2, -0.15) is 0 Å². The summed E-state index contributed by atoms with van der Waals surface area (Å²) in [7, 11) is 0. The van der Waals surface area contributed by atoms with Crippen molar-refractivity contribution in [3.8, 4) is 0 Å². The predicted octanol–water partition coefficient (Wildman–Crippen LogP) is 5.89. The number of rotatable bonds is 6. The van der Waals surface area contributed by atoms with E-state index >= 15 is 0 Å². The molecule has 8 heteroatoms. The second-order valence-corrected chi connectivity index (χ2v) is 8.70. The summed E-state index contributed by atoms with van der Waals surface area (Å²) in [5.74, 6) is -0.862. The smallest absolute Gasteiger partial charge is 0.333 e. The topological polar surface area (TPSA) is 46.6 Å². The Morgan fingerprint density at radius 3 is 2.59 bits per heavy atom. The lowest BCUT2D eigenvalue weighted by atomic mass is 10.1. The van der Waals surface area contributed by atoms with Gasteiger partial charge in [0.05, 0.1) is 21.6 Å². The normalized spacial score (nSPS) is 16.4. The van der Waals surface area contributed by atoms with Crippen LogP contribution in [0.3, 0.4) is 0 Å². The molecule has 1 fully saturated rings. The van der Waals surface area contributed by atoms with E-state index in [1.54, 1.807) is 48.5 Å². The number of thiocarbonyl (C=S) groups is 1. The number of thioether (sulfide) groups is 1. The van der Waals surface area contributed by atoms with Crippen LogP contribution in [-0.2, 0) is 14.3 Å². The number of halogens is 2. The minimum Gasteiger partial charge on any atom is -0.464 e. The fraction of sp³-hybridized carbons (Fsp3) is 0.190. The molecule has 1 saturated heterocycles. The summed E-state index contributed by atoms with van der Waals surface area (Å²) in [6.07, 6.45) is 2.36. The van der Waals surface area contributed by atoms with E-state index < -0.39 is 12.0 Å². The third kappa shape index (κ3) is 5.01. The number of hydrogen-bond donors (Lipinski definition) is 0. The highest BCUT2D eigenvalue weighted by molar-refractivity contribution is 8.26. The minimum atomic E-state index is -0.935. The molecule has 1 heterocycles. The minimum absolute atomic E-state index is 0.274. The van der Waals surface area contributed by atoms with Crippen LogP contribution in [0, 0.1) is 0 Å². The molecule has 0 radical (unpaired) electrons. The molecule has 150 valence electrons. The number of esters is 1. The SMILES string of the molecule is CCCOC(=O)C(c1ccccc1)N1C(=O)/C(=C/c2ccc(Cl)c(Cl)c2)SC1=S. The van der Waals surface area contributed by atoms with Gasteiger partial charge in [0.15, 0.2) is 6.04 Å². The van der Waals surface area contributed by atoms with E-state index in [4.69, 9.17) is 40.2 Å². The second-order valence-electron chi connectivity index (χ2n) is 6.21. The molecule has 0 spiro atoms. The van der Waals surface area contributed by atoms with Crippen LogP contribution < -0.4 is 0 Å². The maximum atomic E-state index is 13.1. The van der Waals surface area contributed by atoms with Crippen molar-refractivity contribution in [3.05, 3.63) is 74.6 Å². The van der Waals surface area contributed by atoms with Gasteiger partial charge in [0, 0.05) is 0 Å². The summed E-state index contributed by atoms with van der Waals surface area (Å²) in [6.45, 7) is 2.18. The van der Waals surface area contributed by atoms with Crippen molar-refractivity contribution >= 4 is 69.5 Å². The number of carbonyl (C=O) groups is 2. The summed E-state index contributed by atoms with van der Waals surface area (Å²) in [5.41, 5.74) is 1.35. The van der Waals surface area contributed by atoms with E-state index in [9.17, 15) is 9.59 Å². The lowest BCUT2D eigenvalue weighted by Gasteiger charge is -2.25. The average molecular weight is 466 g/mol. The molecule has 1 aliphatic rings. The molecular weight excluding hydrogens is 449 g/mol. The van der Waals surface area contributed by atoms with Crippen molar-refractivity contribution in [2.75, 3.05) is 6.61 Å². The summed E-state index contributed by atoms with van der Waals surface area (Å²) in [5, 5.41) is 0.820. The van der Waals surface area contributed by atoms with Gasteiger partial charge in [-0.05, 0) is 35.8 Å². The highest BCUT2D eigenvalue weighted by Crippen LogP contribution is 2.39. The molecule has 0 bridgehead atoms. The van der Waals surface area contributed by atoms with Crippen LogP contribution in [0.25, 0.3) is 6.08 Å². The summed E-state index contributed by atoms with van der Waals surface area (Å²) >= 11 is 18.6. The molecule has 3 rings (SSSR count). The van der Waals surface area contributed by atoms with E-state index in [2.05, 4.69) is 0 Å². The van der Waals surface area contributed by atoms with Gasteiger partial charge in [0.1, 0.15) is 4.32 Å². The van der Waals surface area contributed by atoms with E-state index in [0.717, 1.165) is 11.8 Å². The Labute approximate surface area is 188 Å². The van der Waals surface area contributed by atoms with E-state index in [1.165, 1.54) is 4.90 Å². The van der Waals surface area contributed by atoms with Gasteiger partial charge in [-0.25, -0.2) is 4.79 Å². The first-order chi connectivity index (χ1) is 13.9. The van der Waals surface area contributed by atoms with Gasteiger partial charge in [0.25, 0.3) is 5.91 Å². The van der Waals surface area contributed by atoms with Crippen LogP contribution >= 0.6 is 47.2 Å². The van der Waals surface area contributed by atoms with Gasteiger partial charge >= 0.3 is 5.97 Å². The Morgan fingerprint density at radius 2 is 1.93 bits per heavy atom. The molecule has 0 aromatic heterocycles. The standard InChI is InChI=1S/C21H17Cl2NO3S2/c1-2-10-27-20(26)18(14-6-4-3-5-7-14)24-19(25)17(29-21(24)28)12-13-8-9-15(22)16(23)11-13/h3-9,11-12,18H,2,10H2,1H3/b17-12-. The third-order valence-electron chi connectivity index (χ3n) is 4.11. The van der Waals surface area contributed by atoms with Gasteiger partial charge in [-0.3, -0.25) is 9.69 Å². The fourth-order valence-corrected chi connectivity index (χ4v) is 4.38. The van der Waals surface area contributed by atoms with E-state index in [0.29, 0.717) is 36.8 Å². The van der Waals surface area contributed by atoms with Gasteiger partial charge in [0.2, 0.25) is 0 Å². The molecule has 1 atom stereocenters. The molecule has 2 aromatic rings. The highest BCUT2D eigenvalue weighted by Gasteiger charge is 2.42. The summed E-state index contributed by atoms with van der Waals surface area (Å²) in [6, 6.07) is 13.1. The van der Waals surface area contributed by atoms with Gasteiger partial charge < -0.3 is 4.74 Å². The Bertz CT molecular complexity index is 979. The van der Waals surface area contributed by atoms with Crippen LogP contribution in [0.1, 0.15) is 30.5 Å². The zero-order chi connectivity index (χ0) is 21.0. The maximum Gasteiger partial charge on any atom is 0.333 e. The molecular formula is C21H17Cl2NO3S2. The van der Waals surface area contributed by atoms with Gasteiger partial charge in [-0.1, -0.05) is 90.5 Å².